The van der Waals surface area contributed by atoms with Gasteiger partial charge in [0.15, 0.2) is 0 Å². The molecule has 0 radical (unpaired) electrons. The van der Waals surface area contributed by atoms with Gasteiger partial charge in [0.2, 0.25) is 0 Å². The van der Waals surface area contributed by atoms with Crippen LogP contribution in [0.3, 0.4) is 0 Å². The third-order valence-corrected chi connectivity index (χ3v) is 3.63. The topological polar surface area (TPSA) is 46.6 Å². The van der Waals surface area contributed by atoms with Crippen LogP contribution in [0.15, 0.2) is 0 Å². The van der Waals surface area contributed by atoms with E-state index in [1.807, 2.05) is 20.8 Å². The Kier molecular flexibility index (Phi) is 3.15. The second kappa shape index (κ2) is 4.31. The van der Waals surface area contributed by atoms with Crippen molar-refractivity contribution >= 4 is 12.4 Å². The van der Waals surface area contributed by atoms with Gasteiger partial charge in [0.05, 0.1) is 0 Å². The molecule has 1 aliphatic carbocycles. The number of amides is 1. The van der Waals surface area contributed by atoms with Gasteiger partial charge in [-0.1, -0.05) is 0 Å². The van der Waals surface area contributed by atoms with Crippen molar-refractivity contribution in [2.24, 2.45) is 17.8 Å². The molecule has 1 saturated heterocycles. The highest BCUT2D eigenvalue weighted by Crippen LogP contribution is 2.40. The first kappa shape index (κ1) is 12.4. The van der Waals surface area contributed by atoms with Crippen LogP contribution in [0.4, 0.5) is 4.79 Å². The molecule has 2 aliphatic rings. The first-order chi connectivity index (χ1) is 7.89. The third kappa shape index (κ3) is 2.79. The number of ether oxygens (including phenoxy) is 1. The van der Waals surface area contributed by atoms with Gasteiger partial charge in [-0.15, -0.1) is 0 Å². The van der Waals surface area contributed by atoms with Crippen LogP contribution in [0.5, 0.6) is 0 Å². The fourth-order valence-electron chi connectivity index (χ4n) is 2.93. The van der Waals surface area contributed by atoms with Crippen LogP contribution < -0.4 is 0 Å². The molecule has 4 heteroatoms. The lowest BCUT2D eigenvalue weighted by Crippen LogP contribution is -2.36. The maximum Gasteiger partial charge on any atom is 0.410 e. The molecule has 0 N–H and O–H groups in total. The maximum atomic E-state index is 11.9. The molecule has 0 unspecified atom stereocenters. The van der Waals surface area contributed by atoms with E-state index in [-0.39, 0.29) is 12.0 Å². The molecule has 0 bridgehead atoms. The van der Waals surface area contributed by atoms with Crippen molar-refractivity contribution in [3.8, 4) is 0 Å². The van der Waals surface area contributed by atoms with Crippen molar-refractivity contribution in [2.45, 2.75) is 39.2 Å². The van der Waals surface area contributed by atoms with Crippen LogP contribution in [0.25, 0.3) is 0 Å². The van der Waals surface area contributed by atoms with E-state index < -0.39 is 5.60 Å². The SMILES string of the molecule is CC(C)(C)OC(=O)N1C[C@H]2CC(C=O)C[C@@H]2C1. The van der Waals surface area contributed by atoms with Crippen LogP contribution in [0.2, 0.25) is 0 Å². The zero-order valence-corrected chi connectivity index (χ0v) is 10.8. The number of hydrogen-bond acceptors (Lipinski definition) is 3. The molecule has 1 amide bonds. The van der Waals surface area contributed by atoms with Gasteiger partial charge in [-0.05, 0) is 45.4 Å². The lowest BCUT2D eigenvalue weighted by atomic mass is 10.0. The highest BCUT2D eigenvalue weighted by atomic mass is 16.6. The molecule has 1 aliphatic heterocycles. The fraction of sp³-hybridized carbons (Fsp3) is 0.846. The summed E-state index contributed by atoms with van der Waals surface area (Å²) in [6, 6.07) is 0. The molecule has 0 aromatic rings. The average Bonchev–Trinajstić information content (AvgIpc) is 2.70. The molecule has 0 spiro atoms. The molecule has 17 heavy (non-hydrogen) atoms. The zero-order chi connectivity index (χ0) is 12.6. The second-order valence-corrected chi connectivity index (χ2v) is 6.27. The molecule has 4 nitrogen and oxygen atoms in total. The lowest BCUT2D eigenvalue weighted by Gasteiger charge is -2.25. The first-order valence-electron chi connectivity index (χ1n) is 6.32. The van der Waals surface area contributed by atoms with E-state index in [1.165, 1.54) is 0 Å². The summed E-state index contributed by atoms with van der Waals surface area (Å²) in [6.07, 6.45) is 2.73. The number of carbonyl (C=O) groups excluding carboxylic acids is 2. The predicted molar refractivity (Wildman–Crippen MR) is 63.6 cm³/mol. The Morgan fingerprint density at radius 2 is 1.76 bits per heavy atom. The van der Waals surface area contributed by atoms with Crippen molar-refractivity contribution in [1.29, 1.82) is 0 Å². The average molecular weight is 239 g/mol. The molecule has 1 saturated carbocycles. The minimum atomic E-state index is -0.430. The van der Waals surface area contributed by atoms with E-state index in [1.54, 1.807) is 4.90 Å². The van der Waals surface area contributed by atoms with Gasteiger partial charge in [0.25, 0.3) is 0 Å². The molecular weight excluding hydrogens is 218 g/mol. The predicted octanol–water partition coefficient (Wildman–Crippen LogP) is 2.08. The summed E-state index contributed by atoms with van der Waals surface area (Å²) in [5, 5.41) is 0. The van der Waals surface area contributed by atoms with Crippen molar-refractivity contribution in [2.75, 3.05) is 13.1 Å². The van der Waals surface area contributed by atoms with E-state index >= 15 is 0 Å². The van der Waals surface area contributed by atoms with Gasteiger partial charge < -0.3 is 14.4 Å². The molecule has 2 fully saturated rings. The summed E-state index contributed by atoms with van der Waals surface area (Å²) >= 11 is 0. The standard InChI is InChI=1S/C13H21NO3/c1-13(2,3)17-12(16)14-6-10-4-9(8-15)5-11(10)7-14/h8-11H,4-7H2,1-3H3/t10-,11-/m1/s1. The van der Waals surface area contributed by atoms with Crippen LogP contribution in [-0.4, -0.2) is 36.0 Å². The summed E-state index contributed by atoms with van der Waals surface area (Å²) < 4.78 is 5.36. The van der Waals surface area contributed by atoms with Gasteiger partial charge in [0, 0.05) is 19.0 Å². The second-order valence-electron chi connectivity index (χ2n) is 6.27. The Hall–Kier alpha value is -1.06. The molecule has 2 rings (SSSR count). The number of hydrogen-bond donors (Lipinski definition) is 0. The van der Waals surface area contributed by atoms with Gasteiger partial charge >= 0.3 is 6.09 Å². The van der Waals surface area contributed by atoms with Crippen LogP contribution in [0.1, 0.15) is 33.6 Å². The lowest BCUT2D eigenvalue weighted by molar-refractivity contribution is -0.111. The van der Waals surface area contributed by atoms with Crippen LogP contribution in [0, 0.1) is 17.8 Å². The Labute approximate surface area is 102 Å². The number of likely N-dealkylation sites (tertiary alicyclic amines) is 1. The highest BCUT2D eigenvalue weighted by molar-refractivity contribution is 5.68. The van der Waals surface area contributed by atoms with Crippen molar-refractivity contribution in [3.63, 3.8) is 0 Å². The van der Waals surface area contributed by atoms with Gasteiger partial charge in [-0.3, -0.25) is 0 Å². The Morgan fingerprint density at radius 3 is 2.18 bits per heavy atom. The highest BCUT2D eigenvalue weighted by Gasteiger charge is 2.43. The Morgan fingerprint density at radius 1 is 1.24 bits per heavy atom. The molecule has 2 atom stereocenters. The van der Waals surface area contributed by atoms with Crippen molar-refractivity contribution in [1.82, 2.24) is 4.90 Å². The van der Waals surface area contributed by atoms with E-state index in [2.05, 4.69) is 0 Å². The molecule has 96 valence electrons. The minimum absolute atomic E-state index is 0.213. The normalized spacial score (nSPS) is 29.2. The third-order valence-electron chi connectivity index (χ3n) is 3.63. The number of fused-ring (bicyclic) bond motifs is 1. The summed E-state index contributed by atoms with van der Waals surface area (Å²) in [5.74, 6) is 1.21. The van der Waals surface area contributed by atoms with Crippen molar-refractivity contribution in [3.05, 3.63) is 0 Å². The van der Waals surface area contributed by atoms with Gasteiger partial charge in [-0.2, -0.15) is 0 Å². The largest absolute Gasteiger partial charge is 0.444 e. The molecule has 1 heterocycles. The first-order valence-corrected chi connectivity index (χ1v) is 6.32. The number of aldehydes is 1. The number of nitrogens with zero attached hydrogens (tertiary/aromatic N) is 1. The smallest absolute Gasteiger partial charge is 0.410 e. The van der Waals surface area contributed by atoms with E-state index in [9.17, 15) is 9.59 Å². The maximum absolute atomic E-state index is 11.9. The van der Waals surface area contributed by atoms with Crippen molar-refractivity contribution < 1.29 is 14.3 Å². The summed E-state index contributed by atoms with van der Waals surface area (Å²) in [5.41, 5.74) is -0.430. The zero-order valence-electron chi connectivity index (χ0n) is 10.8. The quantitative estimate of drug-likeness (QED) is 0.658. The molecular formula is C13H21NO3. The van der Waals surface area contributed by atoms with E-state index in [0.717, 1.165) is 32.2 Å². The molecule has 0 aromatic carbocycles. The fourth-order valence-corrected chi connectivity index (χ4v) is 2.93. The van der Waals surface area contributed by atoms with Crippen LogP contribution >= 0.6 is 0 Å². The molecule has 0 aromatic heterocycles. The Bertz CT molecular complexity index is 307. The van der Waals surface area contributed by atoms with Gasteiger partial charge in [-0.25, -0.2) is 4.79 Å². The number of rotatable bonds is 1. The monoisotopic (exact) mass is 239 g/mol. The van der Waals surface area contributed by atoms with E-state index in [0.29, 0.717) is 11.8 Å². The van der Waals surface area contributed by atoms with Crippen LogP contribution in [-0.2, 0) is 9.53 Å². The Balaban J connectivity index is 1.88. The summed E-state index contributed by atoms with van der Waals surface area (Å²) in [4.78, 5) is 24.4. The van der Waals surface area contributed by atoms with Gasteiger partial charge in [0.1, 0.15) is 11.9 Å². The minimum Gasteiger partial charge on any atom is -0.444 e. The number of carbonyl (C=O) groups is 2. The summed E-state index contributed by atoms with van der Waals surface area (Å²) in [7, 11) is 0. The van der Waals surface area contributed by atoms with E-state index in [4.69, 9.17) is 4.74 Å². The summed E-state index contributed by atoms with van der Waals surface area (Å²) in [6.45, 7) is 7.15.